The maximum absolute atomic E-state index is 11.6. The van der Waals surface area contributed by atoms with Crippen LogP contribution in [0.3, 0.4) is 0 Å². The average Bonchev–Trinajstić information content (AvgIpc) is 3.31. The molecule has 0 aliphatic heterocycles. The van der Waals surface area contributed by atoms with Gasteiger partial charge >= 0.3 is 5.97 Å². The number of phenolic OH excluding ortho intramolecular Hbond substituents is 1. The van der Waals surface area contributed by atoms with E-state index < -0.39 is 0 Å². The second-order valence-electron chi connectivity index (χ2n) is 15.8. The molecule has 2 saturated carbocycles. The van der Waals surface area contributed by atoms with Crippen LogP contribution >= 0.6 is 0 Å². The van der Waals surface area contributed by atoms with E-state index in [1.807, 2.05) is 24.3 Å². The lowest BCUT2D eigenvalue weighted by Crippen LogP contribution is -2.44. The maximum atomic E-state index is 11.6. The Morgan fingerprint density at radius 1 is 0.872 bits per heavy atom. The number of fused-ring (bicyclic) bond motifs is 5. The fourth-order valence-electron chi connectivity index (χ4n) is 9.95. The summed E-state index contributed by atoms with van der Waals surface area (Å²) in [5.41, 5.74) is 11.9. The minimum absolute atomic E-state index is 0.0929. The number of carbonyl (C=O) groups excluding carboxylic acids is 1. The third-order valence-corrected chi connectivity index (χ3v) is 12.5. The summed E-state index contributed by atoms with van der Waals surface area (Å²) < 4.78 is 4.78. The Labute approximate surface area is 285 Å². The first-order valence-electron chi connectivity index (χ1n) is 19.2. The van der Waals surface area contributed by atoms with Gasteiger partial charge in [0.15, 0.2) is 0 Å². The Morgan fingerprint density at radius 2 is 1.51 bits per heavy atom. The normalized spacial score (nSPS) is 26.4. The van der Waals surface area contributed by atoms with Gasteiger partial charge in [0.1, 0.15) is 5.75 Å². The molecule has 3 aliphatic carbocycles. The van der Waals surface area contributed by atoms with E-state index in [1.54, 1.807) is 0 Å². The van der Waals surface area contributed by atoms with E-state index in [4.69, 9.17) is 10.5 Å². The Bertz CT molecular complexity index is 1290. The van der Waals surface area contributed by atoms with Gasteiger partial charge in [0.05, 0.1) is 19.6 Å². The van der Waals surface area contributed by atoms with Crippen LogP contribution in [0.2, 0.25) is 0 Å². The molecule has 5 rings (SSSR count). The van der Waals surface area contributed by atoms with Crippen LogP contribution in [0.25, 0.3) is 0 Å². The third-order valence-electron chi connectivity index (χ3n) is 12.5. The Balaban J connectivity index is 0.870. The van der Waals surface area contributed by atoms with Gasteiger partial charge in [-0.2, -0.15) is 0 Å². The molecular weight excluding hydrogens is 582 g/mol. The van der Waals surface area contributed by atoms with Crippen LogP contribution in [0.15, 0.2) is 36.4 Å². The lowest BCUT2D eigenvalue weighted by molar-refractivity contribution is -0.139. The molecular formula is C42H63NO4. The number of aliphatic hydroxyl groups excluding tert-OH is 1. The van der Waals surface area contributed by atoms with Crippen molar-refractivity contribution in [3.63, 3.8) is 0 Å². The fraction of sp³-hybridized carbons (Fsp3) is 0.690. The molecule has 0 unspecified atom stereocenters. The molecule has 5 nitrogen and oxygen atoms in total. The zero-order chi connectivity index (χ0) is 33.2. The van der Waals surface area contributed by atoms with Crippen LogP contribution in [0, 0.1) is 23.2 Å². The molecule has 0 radical (unpaired) electrons. The van der Waals surface area contributed by atoms with Crippen LogP contribution in [-0.4, -0.2) is 29.4 Å². The summed E-state index contributed by atoms with van der Waals surface area (Å²) in [4.78, 5) is 11.6. The molecule has 0 amide bonds. The number of benzene rings is 2. The van der Waals surface area contributed by atoms with Gasteiger partial charge in [0, 0.05) is 5.69 Å². The van der Waals surface area contributed by atoms with Gasteiger partial charge in [-0.3, -0.25) is 4.79 Å². The van der Waals surface area contributed by atoms with Crippen molar-refractivity contribution >= 4 is 11.7 Å². The molecule has 6 atom stereocenters. The average molecular weight is 646 g/mol. The first-order valence-corrected chi connectivity index (χ1v) is 19.2. The lowest BCUT2D eigenvalue weighted by atomic mass is 9.55. The highest BCUT2D eigenvalue weighted by Gasteiger charge is 2.57. The van der Waals surface area contributed by atoms with Crippen molar-refractivity contribution in [3.05, 3.63) is 58.7 Å². The third kappa shape index (κ3) is 9.34. The Kier molecular flexibility index (Phi) is 13.1. The number of hydrogen-bond acceptors (Lipinski definition) is 5. The van der Waals surface area contributed by atoms with Gasteiger partial charge in [0.25, 0.3) is 0 Å². The number of anilines is 1. The molecule has 260 valence electrons. The number of aromatic hydroxyl groups is 1. The number of unbranched alkanes of at least 4 members (excludes halogenated alkanes) is 12. The smallest absolute Gasteiger partial charge is 0.309 e. The lowest BCUT2D eigenvalue weighted by Gasteiger charge is -2.50. The minimum Gasteiger partial charge on any atom is -0.508 e. The van der Waals surface area contributed by atoms with Crippen LogP contribution in [0.4, 0.5) is 5.69 Å². The first kappa shape index (κ1) is 35.8. The number of nitrogens with two attached hydrogens (primary N) is 1. The predicted molar refractivity (Wildman–Crippen MR) is 193 cm³/mol. The zero-order valence-electron chi connectivity index (χ0n) is 29.5. The number of methoxy groups -OCH3 is 1. The van der Waals surface area contributed by atoms with Crippen LogP contribution in [-0.2, 0) is 28.8 Å². The van der Waals surface area contributed by atoms with Gasteiger partial charge in [-0.15, -0.1) is 0 Å². The van der Waals surface area contributed by atoms with Gasteiger partial charge in [0.2, 0.25) is 0 Å². The highest BCUT2D eigenvalue weighted by molar-refractivity contribution is 5.73. The summed E-state index contributed by atoms with van der Waals surface area (Å²) >= 11 is 0. The summed E-state index contributed by atoms with van der Waals surface area (Å²) in [5.74, 6) is 2.61. The number of rotatable bonds is 18. The molecule has 5 heteroatoms. The van der Waals surface area contributed by atoms with Gasteiger partial charge in [-0.1, -0.05) is 96.1 Å². The highest BCUT2D eigenvalue weighted by Crippen LogP contribution is 2.62. The SMILES string of the molecule is COC(=O)Cc1cc(N)cc(CCCCCCCCCCCCCCC[C@H]2C[C@H]3[C@@H]4CCc5cc(O)ccc5[C@H]4CC[C@]3(C)[C@H]2O)c1. The monoisotopic (exact) mass is 645 g/mol. The van der Waals surface area contributed by atoms with Crippen molar-refractivity contribution in [1.29, 1.82) is 0 Å². The topological polar surface area (TPSA) is 92.8 Å². The quantitative estimate of drug-likeness (QED) is 0.0853. The summed E-state index contributed by atoms with van der Waals surface area (Å²) in [7, 11) is 1.42. The van der Waals surface area contributed by atoms with Gasteiger partial charge in [-0.05, 0) is 127 Å². The summed E-state index contributed by atoms with van der Waals surface area (Å²) in [5, 5.41) is 21.5. The van der Waals surface area contributed by atoms with E-state index in [0.29, 0.717) is 29.4 Å². The van der Waals surface area contributed by atoms with E-state index in [-0.39, 0.29) is 23.9 Å². The van der Waals surface area contributed by atoms with E-state index >= 15 is 0 Å². The Hall–Kier alpha value is -2.53. The molecule has 2 aromatic carbocycles. The Morgan fingerprint density at radius 3 is 2.19 bits per heavy atom. The largest absolute Gasteiger partial charge is 0.508 e. The van der Waals surface area contributed by atoms with Crippen LogP contribution in [0.1, 0.15) is 151 Å². The molecule has 47 heavy (non-hydrogen) atoms. The number of esters is 1. The maximum Gasteiger partial charge on any atom is 0.309 e. The molecule has 0 aromatic heterocycles. The zero-order valence-corrected chi connectivity index (χ0v) is 29.5. The number of carbonyl (C=O) groups is 1. The van der Waals surface area contributed by atoms with Crippen molar-refractivity contribution in [2.24, 2.45) is 23.2 Å². The number of nitrogen functional groups attached to an aromatic ring is 1. The highest BCUT2D eigenvalue weighted by atomic mass is 16.5. The van der Waals surface area contributed by atoms with Crippen molar-refractivity contribution in [2.75, 3.05) is 12.8 Å². The van der Waals surface area contributed by atoms with E-state index in [1.165, 1.54) is 133 Å². The molecule has 3 aliphatic rings. The molecule has 0 saturated heterocycles. The van der Waals surface area contributed by atoms with Gasteiger partial charge in [-0.25, -0.2) is 0 Å². The molecule has 0 bridgehead atoms. The molecule has 0 heterocycles. The van der Waals surface area contributed by atoms with Crippen molar-refractivity contribution in [2.45, 2.75) is 154 Å². The van der Waals surface area contributed by atoms with E-state index in [9.17, 15) is 15.0 Å². The van der Waals surface area contributed by atoms with Crippen molar-refractivity contribution in [3.8, 4) is 5.75 Å². The number of aliphatic hydroxyl groups is 1. The van der Waals surface area contributed by atoms with E-state index in [0.717, 1.165) is 30.5 Å². The first-order chi connectivity index (χ1) is 22.8. The predicted octanol–water partition coefficient (Wildman–Crippen LogP) is 9.84. The molecule has 0 spiro atoms. The van der Waals surface area contributed by atoms with Crippen molar-refractivity contribution in [1.82, 2.24) is 0 Å². The second kappa shape index (κ2) is 17.2. The standard InChI is InChI=1S/C42H63NO4/c1-42-23-22-37-36-21-19-35(44)28-32(36)18-20-38(37)39(42)29-33(41(42)46)17-15-13-11-9-7-5-3-4-6-8-10-12-14-16-30-24-31(26-34(43)25-30)27-40(45)47-2/h19,21,24-26,28,33,37-39,41,44,46H,3-18,20,22-23,27,29,43H2,1-2H3/t33-,37+,38+,39-,41-,42-/m0/s1. The van der Waals surface area contributed by atoms with Crippen LogP contribution < -0.4 is 5.73 Å². The number of aryl methyl sites for hydroxylation is 2. The van der Waals surface area contributed by atoms with E-state index in [2.05, 4.69) is 19.1 Å². The molecule has 4 N–H and O–H groups in total. The number of ether oxygens (including phenoxy) is 1. The molecule has 2 fully saturated rings. The van der Waals surface area contributed by atoms with Gasteiger partial charge < -0.3 is 20.7 Å². The summed E-state index contributed by atoms with van der Waals surface area (Å²) in [6.45, 7) is 2.40. The number of phenols is 1. The van der Waals surface area contributed by atoms with Crippen LogP contribution in [0.5, 0.6) is 5.75 Å². The number of hydrogen-bond donors (Lipinski definition) is 3. The minimum atomic E-state index is -0.224. The molecule has 2 aromatic rings. The fourth-order valence-corrected chi connectivity index (χ4v) is 9.95. The second-order valence-corrected chi connectivity index (χ2v) is 15.8. The van der Waals surface area contributed by atoms with Crippen molar-refractivity contribution < 1.29 is 19.7 Å². The summed E-state index contributed by atoms with van der Waals surface area (Å²) in [6, 6.07) is 12.1. The summed E-state index contributed by atoms with van der Waals surface area (Å²) in [6.07, 6.45) is 25.4.